The average Bonchev–Trinajstić information content (AvgIpc) is 3.05. The van der Waals surface area contributed by atoms with Gasteiger partial charge in [0.15, 0.2) is 5.69 Å². The Hall–Kier alpha value is -2.21. The molecule has 1 aliphatic heterocycles. The summed E-state index contributed by atoms with van der Waals surface area (Å²) in [5, 5.41) is 7.13. The lowest BCUT2D eigenvalue weighted by Crippen LogP contribution is -2.40. The fraction of sp³-hybridized carbons (Fsp3) is 0.444. The number of amides is 1. The number of hydrogen-bond donors (Lipinski definition) is 1. The lowest BCUT2D eigenvalue weighted by molar-refractivity contribution is 0.0938. The zero-order valence-electron chi connectivity index (χ0n) is 13.9. The molecule has 0 radical (unpaired) electrons. The van der Waals surface area contributed by atoms with Crippen LogP contribution in [0, 0.1) is 11.7 Å². The molecule has 5 nitrogen and oxygen atoms in total. The van der Waals surface area contributed by atoms with Crippen LogP contribution in [0.2, 0.25) is 0 Å². The van der Waals surface area contributed by atoms with Gasteiger partial charge >= 0.3 is 0 Å². The van der Waals surface area contributed by atoms with Gasteiger partial charge in [0.1, 0.15) is 5.82 Å². The predicted octanol–water partition coefficient (Wildman–Crippen LogP) is 2.47. The Morgan fingerprint density at radius 2 is 2.29 bits per heavy atom. The molecule has 0 unspecified atom stereocenters. The molecule has 1 atom stereocenters. The third kappa shape index (κ3) is 4.20. The zero-order valence-corrected chi connectivity index (χ0v) is 13.9. The zero-order chi connectivity index (χ0) is 16.9. The second-order valence-electron chi connectivity index (χ2n) is 6.43. The van der Waals surface area contributed by atoms with Gasteiger partial charge in [-0.2, -0.15) is 5.10 Å². The number of benzene rings is 1. The first-order chi connectivity index (χ1) is 11.6. The van der Waals surface area contributed by atoms with E-state index in [1.807, 2.05) is 0 Å². The van der Waals surface area contributed by atoms with Gasteiger partial charge in [-0.25, -0.2) is 9.07 Å². The largest absolute Gasteiger partial charge is 0.349 e. The van der Waals surface area contributed by atoms with Crippen LogP contribution in [-0.4, -0.2) is 46.8 Å². The molecule has 128 valence electrons. The Morgan fingerprint density at radius 3 is 3.08 bits per heavy atom. The number of hydrogen-bond acceptors (Lipinski definition) is 3. The maximum atomic E-state index is 13.3. The summed E-state index contributed by atoms with van der Waals surface area (Å²) in [5.74, 6) is 0.205. The van der Waals surface area contributed by atoms with Crippen molar-refractivity contribution < 1.29 is 9.18 Å². The van der Waals surface area contributed by atoms with E-state index in [-0.39, 0.29) is 11.7 Å². The summed E-state index contributed by atoms with van der Waals surface area (Å²) in [5.41, 5.74) is 0.933. The van der Waals surface area contributed by atoms with Crippen molar-refractivity contribution in [1.82, 2.24) is 20.0 Å². The number of nitrogens with zero attached hydrogens (tertiary/aromatic N) is 3. The van der Waals surface area contributed by atoms with E-state index in [2.05, 4.69) is 22.2 Å². The molecule has 1 aromatic carbocycles. The molecule has 1 aromatic heterocycles. The highest BCUT2D eigenvalue weighted by atomic mass is 19.1. The molecule has 1 fully saturated rings. The van der Waals surface area contributed by atoms with Crippen molar-refractivity contribution in [3.05, 3.63) is 48.0 Å². The Balaban J connectivity index is 1.52. The lowest BCUT2D eigenvalue weighted by atomic mass is 10.0. The van der Waals surface area contributed by atoms with Gasteiger partial charge < -0.3 is 10.2 Å². The molecule has 1 saturated heterocycles. The molecule has 0 saturated carbocycles. The minimum absolute atomic E-state index is 0.199. The summed E-state index contributed by atoms with van der Waals surface area (Å²) in [6.07, 6.45) is 4.18. The fourth-order valence-corrected chi connectivity index (χ4v) is 3.12. The quantitative estimate of drug-likeness (QED) is 0.916. The number of rotatable bonds is 5. The standard InChI is InChI=1S/C18H23FN4O/c1-14-4-3-9-22(13-14)11-8-20-18(24)17-7-10-23(21-17)16-6-2-5-15(19)12-16/h2,5-7,10,12,14H,3-4,8-9,11,13H2,1H3,(H,20,24)/t14-/m0/s1. The van der Waals surface area contributed by atoms with E-state index >= 15 is 0 Å². The maximum absolute atomic E-state index is 13.3. The van der Waals surface area contributed by atoms with Crippen molar-refractivity contribution in [2.24, 2.45) is 5.92 Å². The smallest absolute Gasteiger partial charge is 0.271 e. The van der Waals surface area contributed by atoms with Gasteiger partial charge in [0, 0.05) is 25.8 Å². The topological polar surface area (TPSA) is 50.2 Å². The molecule has 3 rings (SSSR count). The van der Waals surface area contributed by atoms with Gasteiger partial charge in [0.25, 0.3) is 5.91 Å². The summed E-state index contributed by atoms with van der Waals surface area (Å²) < 4.78 is 14.8. The monoisotopic (exact) mass is 330 g/mol. The summed E-state index contributed by atoms with van der Waals surface area (Å²) in [6, 6.07) is 7.76. The molecular weight excluding hydrogens is 307 g/mol. The van der Waals surface area contributed by atoms with Gasteiger partial charge in [0.2, 0.25) is 0 Å². The Bertz CT molecular complexity index is 700. The highest BCUT2D eigenvalue weighted by Gasteiger charge is 2.16. The van der Waals surface area contributed by atoms with E-state index in [4.69, 9.17) is 0 Å². The predicted molar refractivity (Wildman–Crippen MR) is 90.7 cm³/mol. The lowest BCUT2D eigenvalue weighted by Gasteiger charge is -2.30. The Labute approximate surface area is 141 Å². The van der Waals surface area contributed by atoms with Crippen LogP contribution in [0.15, 0.2) is 36.5 Å². The molecule has 2 aromatic rings. The van der Waals surface area contributed by atoms with Crippen LogP contribution < -0.4 is 5.32 Å². The summed E-state index contributed by atoms with van der Waals surface area (Å²) in [7, 11) is 0. The molecule has 1 amide bonds. The highest BCUT2D eigenvalue weighted by Crippen LogP contribution is 2.14. The maximum Gasteiger partial charge on any atom is 0.271 e. The van der Waals surface area contributed by atoms with Crippen molar-refractivity contribution in [3.8, 4) is 5.69 Å². The molecule has 0 spiro atoms. The third-order valence-electron chi connectivity index (χ3n) is 4.35. The van der Waals surface area contributed by atoms with Crippen molar-refractivity contribution >= 4 is 5.91 Å². The normalized spacial score (nSPS) is 18.5. The number of aromatic nitrogens is 2. The van der Waals surface area contributed by atoms with Crippen LogP contribution in [-0.2, 0) is 0 Å². The third-order valence-corrected chi connectivity index (χ3v) is 4.35. The van der Waals surface area contributed by atoms with Crippen LogP contribution in [0.1, 0.15) is 30.3 Å². The second-order valence-corrected chi connectivity index (χ2v) is 6.43. The number of carbonyl (C=O) groups is 1. The SMILES string of the molecule is C[C@H]1CCCN(CCNC(=O)c2ccn(-c3cccc(F)c3)n2)C1. The minimum Gasteiger partial charge on any atom is -0.349 e. The van der Waals surface area contributed by atoms with Crippen molar-refractivity contribution in [2.45, 2.75) is 19.8 Å². The first-order valence-electron chi connectivity index (χ1n) is 8.44. The van der Waals surface area contributed by atoms with Gasteiger partial charge in [-0.05, 0) is 49.6 Å². The second kappa shape index (κ2) is 7.57. The number of likely N-dealkylation sites (tertiary alicyclic amines) is 1. The first kappa shape index (κ1) is 16.6. The molecule has 6 heteroatoms. The Kier molecular flexibility index (Phi) is 5.25. The molecule has 1 aliphatic rings. The Morgan fingerprint density at radius 1 is 1.42 bits per heavy atom. The average molecular weight is 330 g/mol. The highest BCUT2D eigenvalue weighted by molar-refractivity contribution is 5.92. The van der Waals surface area contributed by atoms with E-state index in [1.54, 1.807) is 24.4 Å². The minimum atomic E-state index is -0.329. The van der Waals surface area contributed by atoms with E-state index in [0.29, 0.717) is 17.9 Å². The van der Waals surface area contributed by atoms with Crippen molar-refractivity contribution in [3.63, 3.8) is 0 Å². The van der Waals surface area contributed by atoms with Crippen LogP contribution in [0.4, 0.5) is 4.39 Å². The molecule has 1 N–H and O–H groups in total. The van der Waals surface area contributed by atoms with Gasteiger partial charge in [-0.3, -0.25) is 4.79 Å². The van der Waals surface area contributed by atoms with E-state index < -0.39 is 0 Å². The summed E-state index contributed by atoms with van der Waals surface area (Å²) in [6.45, 7) is 5.95. The van der Waals surface area contributed by atoms with Crippen LogP contribution in [0.25, 0.3) is 5.69 Å². The van der Waals surface area contributed by atoms with Crippen molar-refractivity contribution in [2.75, 3.05) is 26.2 Å². The van der Waals surface area contributed by atoms with Crippen molar-refractivity contribution in [1.29, 1.82) is 0 Å². The number of nitrogens with one attached hydrogen (secondary N) is 1. The fourth-order valence-electron chi connectivity index (χ4n) is 3.12. The van der Waals surface area contributed by atoms with Crippen LogP contribution in [0.3, 0.4) is 0 Å². The van der Waals surface area contributed by atoms with E-state index in [0.717, 1.165) is 25.6 Å². The number of halogens is 1. The van der Waals surface area contributed by atoms with Gasteiger partial charge in [0.05, 0.1) is 5.69 Å². The summed E-state index contributed by atoms with van der Waals surface area (Å²) in [4.78, 5) is 14.6. The molecule has 0 aliphatic carbocycles. The summed E-state index contributed by atoms with van der Waals surface area (Å²) >= 11 is 0. The van der Waals surface area contributed by atoms with Gasteiger partial charge in [-0.15, -0.1) is 0 Å². The molecular formula is C18H23FN4O. The number of piperidine rings is 1. The number of carbonyl (C=O) groups excluding carboxylic acids is 1. The van der Waals surface area contributed by atoms with E-state index in [9.17, 15) is 9.18 Å². The van der Waals surface area contributed by atoms with E-state index in [1.165, 1.54) is 29.7 Å². The van der Waals surface area contributed by atoms with Gasteiger partial charge in [-0.1, -0.05) is 13.0 Å². The molecule has 0 bridgehead atoms. The van der Waals surface area contributed by atoms with Crippen LogP contribution in [0.5, 0.6) is 0 Å². The molecule has 24 heavy (non-hydrogen) atoms. The first-order valence-corrected chi connectivity index (χ1v) is 8.44. The molecule has 2 heterocycles. The van der Waals surface area contributed by atoms with Crippen LogP contribution >= 0.6 is 0 Å².